The van der Waals surface area contributed by atoms with Gasteiger partial charge in [0.15, 0.2) is 0 Å². The van der Waals surface area contributed by atoms with Gasteiger partial charge in [0.2, 0.25) is 0 Å². The molecule has 0 aromatic carbocycles. The van der Waals surface area contributed by atoms with Gasteiger partial charge in [0, 0.05) is 25.2 Å². The van der Waals surface area contributed by atoms with Crippen molar-refractivity contribution >= 4 is 6.03 Å². The normalized spacial score (nSPS) is 27.8. The largest absolute Gasteiger partial charge is 0.335 e. The van der Waals surface area contributed by atoms with Crippen LogP contribution in [0.3, 0.4) is 0 Å². The molecule has 4 heteroatoms. The highest BCUT2D eigenvalue weighted by Gasteiger charge is 2.23. The lowest BCUT2D eigenvalue weighted by Crippen LogP contribution is -2.51. The first-order valence-electron chi connectivity index (χ1n) is 6.57. The van der Waals surface area contributed by atoms with Gasteiger partial charge in [-0.15, -0.1) is 0 Å². The Morgan fingerprint density at radius 1 is 1.12 bits per heavy atom. The topological polar surface area (TPSA) is 58.4 Å². The minimum absolute atomic E-state index is 0.0991. The number of rotatable bonds is 1. The number of nitrogens with two attached hydrogens (primary N) is 1. The standard InChI is InChI=1S/C12H23N3O/c13-10-5-4-8-15(9-10)12(16)14-11-6-2-1-3-7-11/h10-11H,1-9,13H2,(H,14,16)/t10-/m1/s1. The lowest BCUT2D eigenvalue weighted by molar-refractivity contribution is 0.173. The maximum atomic E-state index is 12.0. The minimum atomic E-state index is 0.0991. The predicted molar refractivity (Wildman–Crippen MR) is 64.2 cm³/mol. The number of amides is 2. The highest BCUT2D eigenvalue weighted by Crippen LogP contribution is 2.18. The summed E-state index contributed by atoms with van der Waals surface area (Å²) in [6, 6.07) is 0.673. The van der Waals surface area contributed by atoms with Gasteiger partial charge in [0.1, 0.15) is 0 Å². The molecular formula is C12H23N3O. The molecule has 3 N–H and O–H groups in total. The summed E-state index contributed by atoms with van der Waals surface area (Å²) in [5.74, 6) is 0. The lowest BCUT2D eigenvalue weighted by Gasteiger charge is -2.33. The van der Waals surface area contributed by atoms with Gasteiger partial charge in [-0.25, -0.2) is 4.79 Å². The zero-order valence-electron chi connectivity index (χ0n) is 9.95. The average molecular weight is 225 g/mol. The summed E-state index contributed by atoms with van der Waals surface area (Å²) in [6.07, 6.45) is 8.21. The van der Waals surface area contributed by atoms with E-state index in [1.54, 1.807) is 0 Å². The molecule has 2 amide bonds. The molecule has 1 aliphatic heterocycles. The SMILES string of the molecule is N[C@@H]1CCCN(C(=O)NC2CCCCC2)C1. The molecule has 16 heavy (non-hydrogen) atoms. The fourth-order valence-corrected chi connectivity index (χ4v) is 2.71. The monoisotopic (exact) mass is 225 g/mol. The van der Waals surface area contributed by atoms with Crippen LogP contribution in [0.25, 0.3) is 0 Å². The van der Waals surface area contributed by atoms with E-state index in [2.05, 4.69) is 5.32 Å². The van der Waals surface area contributed by atoms with Gasteiger partial charge in [-0.3, -0.25) is 0 Å². The summed E-state index contributed by atoms with van der Waals surface area (Å²) in [7, 11) is 0. The molecule has 92 valence electrons. The summed E-state index contributed by atoms with van der Waals surface area (Å²) >= 11 is 0. The molecule has 0 spiro atoms. The van der Waals surface area contributed by atoms with Crippen LogP contribution >= 0.6 is 0 Å². The van der Waals surface area contributed by atoms with E-state index in [0.717, 1.165) is 38.8 Å². The Hall–Kier alpha value is -0.770. The van der Waals surface area contributed by atoms with E-state index in [1.807, 2.05) is 4.90 Å². The van der Waals surface area contributed by atoms with Crippen molar-refractivity contribution < 1.29 is 4.79 Å². The first kappa shape index (κ1) is 11.7. The first-order valence-corrected chi connectivity index (χ1v) is 6.57. The Morgan fingerprint density at radius 3 is 2.56 bits per heavy atom. The van der Waals surface area contributed by atoms with Gasteiger partial charge in [0.05, 0.1) is 0 Å². The smallest absolute Gasteiger partial charge is 0.317 e. The van der Waals surface area contributed by atoms with Gasteiger partial charge in [-0.05, 0) is 25.7 Å². The quantitative estimate of drug-likeness (QED) is 0.709. The van der Waals surface area contributed by atoms with Crippen LogP contribution in [-0.2, 0) is 0 Å². The summed E-state index contributed by atoms with van der Waals surface area (Å²) in [4.78, 5) is 13.8. The van der Waals surface area contributed by atoms with Crippen molar-refractivity contribution in [1.29, 1.82) is 0 Å². The van der Waals surface area contributed by atoms with Crippen LogP contribution in [0.5, 0.6) is 0 Å². The van der Waals surface area contributed by atoms with Crippen molar-refractivity contribution in [2.75, 3.05) is 13.1 Å². The maximum absolute atomic E-state index is 12.0. The Bertz CT molecular complexity index is 238. The van der Waals surface area contributed by atoms with Crippen molar-refractivity contribution in [1.82, 2.24) is 10.2 Å². The Morgan fingerprint density at radius 2 is 1.88 bits per heavy atom. The van der Waals surface area contributed by atoms with E-state index in [4.69, 9.17) is 5.73 Å². The minimum Gasteiger partial charge on any atom is -0.335 e. The number of hydrogen-bond acceptors (Lipinski definition) is 2. The van der Waals surface area contributed by atoms with Crippen molar-refractivity contribution in [3.63, 3.8) is 0 Å². The molecule has 1 saturated heterocycles. The van der Waals surface area contributed by atoms with Gasteiger partial charge < -0.3 is 16.0 Å². The molecule has 0 aromatic rings. The van der Waals surface area contributed by atoms with Gasteiger partial charge in [0.25, 0.3) is 0 Å². The average Bonchev–Trinajstić information content (AvgIpc) is 2.30. The van der Waals surface area contributed by atoms with Crippen molar-refractivity contribution in [3.8, 4) is 0 Å². The van der Waals surface area contributed by atoms with Crippen molar-refractivity contribution in [2.24, 2.45) is 5.73 Å². The summed E-state index contributed by atoms with van der Waals surface area (Å²) in [6.45, 7) is 1.59. The fourth-order valence-electron chi connectivity index (χ4n) is 2.71. The number of urea groups is 1. The molecule has 0 unspecified atom stereocenters. The third-order valence-corrected chi connectivity index (χ3v) is 3.68. The molecule has 1 aliphatic carbocycles. The molecule has 0 radical (unpaired) electrons. The molecule has 1 atom stereocenters. The van der Waals surface area contributed by atoms with Crippen LogP contribution in [0.2, 0.25) is 0 Å². The van der Waals surface area contributed by atoms with E-state index >= 15 is 0 Å². The van der Waals surface area contributed by atoms with E-state index in [1.165, 1.54) is 19.3 Å². The Balaban J connectivity index is 1.77. The molecule has 0 aromatic heterocycles. The van der Waals surface area contributed by atoms with Crippen molar-refractivity contribution in [2.45, 2.75) is 57.0 Å². The number of hydrogen-bond donors (Lipinski definition) is 2. The second kappa shape index (κ2) is 5.53. The zero-order chi connectivity index (χ0) is 11.4. The Kier molecular flexibility index (Phi) is 4.04. The molecule has 2 rings (SSSR count). The van der Waals surface area contributed by atoms with E-state index in [9.17, 15) is 4.79 Å². The number of carbonyl (C=O) groups is 1. The highest BCUT2D eigenvalue weighted by atomic mass is 16.2. The summed E-state index contributed by atoms with van der Waals surface area (Å²) < 4.78 is 0. The molecule has 1 heterocycles. The molecule has 1 saturated carbocycles. The van der Waals surface area contributed by atoms with Crippen LogP contribution < -0.4 is 11.1 Å². The summed E-state index contributed by atoms with van der Waals surface area (Å²) in [5, 5.41) is 3.14. The van der Waals surface area contributed by atoms with Crippen LogP contribution in [-0.4, -0.2) is 36.1 Å². The summed E-state index contributed by atoms with van der Waals surface area (Å²) in [5.41, 5.74) is 5.87. The molecule has 4 nitrogen and oxygen atoms in total. The van der Waals surface area contributed by atoms with Crippen LogP contribution in [0.15, 0.2) is 0 Å². The number of piperidine rings is 1. The molecule has 2 fully saturated rings. The van der Waals surface area contributed by atoms with Gasteiger partial charge in [-0.2, -0.15) is 0 Å². The molecule has 0 bridgehead atoms. The number of nitrogens with zero attached hydrogens (tertiary/aromatic N) is 1. The van der Waals surface area contributed by atoms with E-state index < -0.39 is 0 Å². The molecule has 2 aliphatic rings. The second-order valence-corrected chi connectivity index (χ2v) is 5.13. The molecular weight excluding hydrogens is 202 g/mol. The number of carbonyl (C=O) groups excluding carboxylic acids is 1. The van der Waals surface area contributed by atoms with E-state index in [0.29, 0.717) is 6.04 Å². The highest BCUT2D eigenvalue weighted by molar-refractivity contribution is 5.74. The Labute approximate surface area is 97.6 Å². The van der Waals surface area contributed by atoms with Crippen LogP contribution in [0.4, 0.5) is 4.79 Å². The van der Waals surface area contributed by atoms with Crippen LogP contribution in [0.1, 0.15) is 44.9 Å². The van der Waals surface area contributed by atoms with E-state index in [-0.39, 0.29) is 12.1 Å². The fraction of sp³-hybridized carbons (Fsp3) is 0.917. The third kappa shape index (κ3) is 3.11. The lowest BCUT2D eigenvalue weighted by atomic mass is 9.95. The van der Waals surface area contributed by atoms with Crippen molar-refractivity contribution in [3.05, 3.63) is 0 Å². The second-order valence-electron chi connectivity index (χ2n) is 5.13. The predicted octanol–water partition coefficient (Wildman–Crippen LogP) is 1.45. The third-order valence-electron chi connectivity index (χ3n) is 3.68. The number of likely N-dealkylation sites (tertiary alicyclic amines) is 1. The number of nitrogens with one attached hydrogen (secondary N) is 1. The maximum Gasteiger partial charge on any atom is 0.317 e. The van der Waals surface area contributed by atoms with Gasteiger partial charge in [-0.1, -0.05) is 19.3 Å². The zero-order valence-corrected chi connectivity index (χ0v) is 9.95. The van der Waals surface area contributed by atoms with Crippen LogP contribution in [0, 0.1) is 0 Å². The first-order chi connectivity index (χ1) is 7.75. The van der Waals surface area contributed by atoms with Gasteiger partial charge >= 0.3 is 6.03 Å².